The van der Waals surface area contributed by atoms with Crippen molar-refractivity contribution < 1.29 is 9.47 Å². The van der Waals surface area contributed by atoms with Crippen molar-refractivity contribution >= 4 is 15.9 Å². The standard InChI is InChI=1S/C11H16BrNO2/c1-13(8-12)7-9-4-5-10(14-2)11(6-9)15-3/h4-6H,7-8H2,1-3H3. The first-order valence-corrected chi connectivity index (χ1v) is 5.78. The lowest BCUT2D eigenvalue weighted by Gasteiger charge is -2.14. The van der Waals surface area contributed by atoms with Crippen LogP contribution in [0.25, 0.3) is 0 Å². The minimum Gasteiger partial charge on any atom is -0.493 e. The molecular formula is C11H16BrNO2. The summed E-state index contributed by atoms with van der Waals surface area (Å²) in [5.41, 5.74) is 2.05. The number of hydrogen-bond acceptors (Lipinski definition) is 3. The second-order valence-electron chi connectivity index (χ2n) is 3.32. The molecule has 0 N–H and O–H groups in total. The molecule has 0 unspecified atom stereocenters. The van der Waals surface area contributed by atoms with E-state index in [0.717, 1.165) is 23.5 Å². The summed E-state index contributed by atoms with van der Waals surface area (Å²) in [6, 6.07) is 5.97. The maximum atomic E-state index is 5.24. The molecule has 15 heavy (non-hydrogen) atoms. The van der Waals surface area contributed by atoms with Gasteiger partial charge in [-0.05, 0) is 24.7 Å². The molecule has 0 aliphatic heterocycles. The Morgan fingerprint density at radius 2 is 1.87 bits per heavy atom. The maximum Gasteiger partial charge on any atom is 0.161 e. The van der Waals surface area contributed by atoms with Crippen LogP contribution >= 0.6 is 15.9 Å². The van der Waals surface area contributed by atoms with Crippen LogP contribution in [0.5, 0.6) is 11.5 Å². The highest BCUT2D eigenvalue weighted by Gasteiger charge is 2.05. The van der Waals surface area contributed by atoms with Crippen LogP contribution in [-0.2, 0) is 6.54 Å². The summed E-state index contributed by atoms with van der Waals surface area (Å²) in [5.74, 6) is 1.54. The van der Waals surface area contributed by atoms with E-state index >= 15 is 0 Å². The zero-order valence-corrected chi connectivity index (χ0v) is 10.9. The number of benzene rings is 1. The van der Waals surface area contributed by atoms with E-state index in [0.29, 0.717) is 0 Å². The van der Waals surface area contributed by atoms with E-state index in [9.17, 15) is 0 Å². The van der Waals surface area contributed by atoms with Crippen molar-refractivity contribution in [1.82, 2.24) is 4.90 Å². The number of methoxy groups -OCH3 is 2. The largest absolute Gasteiger partial charge is 0.493 e. The molecule has 0 heterocycles. The fourth-order valence-corrected chi connectivity index (χ4v) is 1.51. The van der Waals surface area contributed by atoms with Crippen LogP contribution in [0, 0.1) is 0 Å². The van der Waals surface area contributed by atoms with Crippen molar-refractivity contribution in [1.29, 1.82) is 0 Å². The smallest absolute Gasteiger partial charge is 0.161 e. The topological polar surface area (TPSA) is 21.7 Å². The highest BCUT2D eigenvalue weighted by Crippen LogP contribution is 2.27. The Morgan fingerprint density at radius 1 is 1.20 bits per heavy atom. The lowest BCUT2D eigenvalue weighted by molar-refractivity contribution is 0.351. The first-order chi connectivity index (χ1) is 7.21. The van der Waals surface area contributed by atoms with Gasteiger partial charge in [0.25, 0.3) is 0 Å². The van der Waals surface area contributed by atoms with Gasteiger partial charge in [-0.15, -0.1) is 0 Å². The fourth-order valence-electron chi connectivity index (χ4n) is 1.33. The van der Waals surface area contributed by atoms with Crippen LogP contribution in [0.15, 0.2) is 18.2 Å². The zero-order chi connectivity index (χ0) is 11.3. The Labute approximate surface area is 99.1 Å². The molecule has 4 heteroatoms. The van der Waals surface area contributed by atoms with Gasteiger partial charge in [-0.3, -0.25) is 4.90 Å². The average Bonchev–Trinajstić information content (AvgIpc) is 2.28. The van der Waals surface area contributed by atoms with Gasteiger partial charge in [0.05, 0.1) is 19.7 Å². The average molecular weight is 274 g/mol. The monoisotopic (exact) mass is 273 g/mol. The molecule has 0 aliphatic carbocycles. The maximum absolute atomic E-state index is 5.24. The quantitative estimate of drug-likeness (QED) is 0.608. The number of alkyl halides is 1. The third-order valence-electron chi connectivity index (χ3n) is 2.10. The summed E-state index contributed by atoms with van der Waals surface area (Å²) in [6.07, 6.45) is 0. The molecule has 0 saturated carbocycles. The lowest BCUT2D eigenvalue weighted by atomic mass is 10.2. The summed E-state index contributed by atoms with van der Waals surface area (Å²) >= 11 is 3.41. The minimum atomic E-state index is 0.766. The number of ether oxygens (including phenoxy) is 2. The molecule has 0 aliphatic rings. The zero-order valence-electron chi connectivity index (χ0n) is 9.29. The number of rotatable bonds is 5. The van der Waals surface area contributed by atoms with E-state index in [-0.39, 0.29) is 0 Å². The molecule has 1 aromatic rings. The van der Waals surface area contributed by atoms with E-state index in [1.54, 1.807) is 14.2 Å². The molecule has 1 rings (SSSR count). The Bertz CT molecular complexity index is 317. The van der Waals surface area contributed by atoms with E-state index in [1.165, 1.54) is 5.56 Å². The highest BCUT2D eigenvalue weighted by atomic mass is 79.9. The van der Waals surface area contributed by atoms with Gasteiger partial charge in [0.1, 0.15) is 0 Å². The number of halogens is 1. The first-order valence-electron chi connectivity index (χ1n) is 4.66. The fraction of sp³-hybridized carbons (Fsp3) is 0.455. The van der Waals surface area contributed by atoms with Crippen molar-refractivity contribution in [3.63, 3.8) is 0 Å². The summed E-state index contributed by atoms with van der Waals surface area (Å²) in [6.45, 7) is 0.881. The molecule has 0 aromatic heterocycles. The van der Waals surface area contributed by atoms with Crippen molar-refractivity contribution in [2.45, 2.75) is 6.54 Å². The Hall–Kier alpha value is -0.740. The first kappa shape index (κ1) is 12.3. The van der Waals surface area contributed by atoms with Crippen LogP contribution in [0.1, 0.15) is 5.56 Å². The molecule has 84 valence electrons. The van der Waals surface area contributed by atoms with E-state index < -0.39 is 0 Å². The molecule has 0 spiro atoms. The van der Waals surface area contributed by atoms with Crippen LogP contribution in [0.4, 0.5) is 0 Å². The molecule has 1 aromatic carbocycles. The predicted molar refractivity (Wildman–Crippen MR) is 64.8 cm³/mol. The number of hydrogen-bond donors (Lipinski definition) is 0. The van der Waals surface area contributed by atoms with Gasteiger partial charge in [0, 0.05) is 6.54 Å². The Kier molecular flexibility index (Phi) is 4.91. The van der Waals surface area contributed by atoms with Gasteiger partial charge in [-0.1, -0.05) is 22.0 Å². The third kappa shape index (κ3) is 3.39. The molecule has 0 saturated heterocycles. The van der Waals surface area contributed by atoms with E-state index in [4.69, 9.17) is 9.47 Å². The van der Waals surface area contributed by atoms with Crippen LogP contribution in [0.2, 0.25) is 0 Å². The molecule has 3 nitrogen and oxygen atoms in total. The van der Waals surface area contributed by atoms with Crippen molar-refractivity contribution in [3.8, 4) is 11.5 Å². The molecule has 0 fully saturated rings. The van der Waals surface area contributed by atoms with Gasteiger partial charge >= 0.3 is 0 Å². The third-order valence-corrected chi connectivity index (χ3v) is 2.96. The predicted octanol–water partition coefficient (Wildman–Crippen LogP) is 2.49. The number of nitrogens with zero attached hydrogens (tertiary/aromatic N) is 1. The SMILES string of the molecule is COc1ccc(CN(C)CBr)cc1OC. The molecular weight excluding hydrogens is 258 g/mol. The van der Waals surface area contributed by atoms with E-state index in [2.05, 4.69) is 20.8 Å². The van der Waals surface area contributed by atoms with Crippen molar-refractivity contribution in [2.24, 2.45) is 0 Å². The Morgan fingerprint density at radius 3 is 2.40 bits per heavy atom. The van der Waals surface area contributed by atoms with Crippen LogP contribution in [0.3, 0.4) is 0 Å². The van der Waals surface area contributed by atoms with Gasteiger partial charge in [-0.25, -0.2) is 0 Å². The van der Waals surface area contributed by atoms with Crippen molar-refractivity contribution in [3.05, 3.63) is 23.8 Å². The van der Waals surface area contributed by atoms with E-state index in [1.807, 2.05) is 25.2 Å². The minimum absolute atomic E-state index is 0.766. The van der Waals surface area contributed by atoms with Gasteiger partial charge in [0.15, 0.2) is 11.5 Å². The van der Waals surface area contributed by atoms with Crippen molar-refractivity contribution in [2.75, 3.05) is 26.7 Å². The normalized spacial score (nSPS) is 10.5. The lowest BCUT2D eigenvalue weighted by Crippen LogP contribution is -2.15. The summed E-state index contributed by atoms with van der Waals surface area (Å²) in [4.78, 5) is 2.15. The second kappa shape index (κ2) is 5.98. The Balaban J connectivity index is 2.83. The molecule has 0 bridgehead atoms. The van der Waals surface area contributed by atoms with Gasteiger partial charge in [0.2, 0.25) is 0 Å². The summed E-state index contributed by atoms with van der Waals surface area (Å²) in [7, 11) is 5.34. The van der Waals surface area contributed by atoms with Gasteiger partial charge < -0.3 is 9.47 Å². The molecule has 0 atom stereocenters. The molecule has 0 amide bonds. The highest BCUT2D eigenvalue weighted by molar-refractivity contribution is 9.09. The summed E-state index contributed by atoms with van der Waals surface area (Å²) < 4.78 is 10.4. The van der Waals surface area contributed by atoms with Gasteiger partial charge in [-0.2, -0.15) is 0 Å². The molecule has 0 radical (unpaired) electrons. The van der Waals surface area contributed by atoms with Crippen LogP contribution < -0.4 is 9.47 Å². The van der Waals surface area contributed by atoms with Crippen LogP contribution in [-0.4, -0.2) is 31.6 Å². The summed E-state index contributed by atoms with van der Waals surface area (Å²) in [5, 5.41) is 0. The second-order valence-corrected chi connectivity index (χ2v) is 3.82.